The van der Waals surface area contributed by atoms with Crippen LogP contribution in [0.5, 0.6) is 0 Å². The van der Waals surface area contributed by atoms with Gasteiger partial charge in [0.15, 0.2) is 0 Å². The molecule has 0 bridgehead atoms. The number of aromatic nitrogens is 2. The quantitative estimate of drug-likeness (QED) is 0.504. The van der Waals surface area contributed by atoms with Crippen LogP contribution in [-0.2, 0) is 10.0 Å². The Morgan fingerprint density at radius 3 is 2.55 bits per heavy atom. The van der Waals surface area contributed by atoms with E-state index in [0.29, 0.717) is 5.02 Å². The minimum Gasteiger partial charge on any atom is -0.296 e. The lowest BCUT2D eigenvalue weighted by molar-refractivity contribution is 0.102. The highest BCUT2D eigenvalue weighted by atomic mass is 35.5. The molecule has 1 aromatic heterocycles. The summed E-state index contributed by atoms with van der Waals surface area (Å²) < 4.78 is 27.2. The molecule has 1 amide bonds. The van der Waals surface area contributed by atoms with E-state index in [9.17, 15) is 13.2 Å². The second kappa shape index (κ2) is 9.19. The fourth-order valence-corrected chi connectivity index (χ4v) is 4.96. The predicted octanol–water partition coefficient (Wildman–Crippen LogP) is 4.18. The maximum Gasteiger partial charge on any atom is 0.269 e. The molecule has 1 atom stereocenters. The lowest BCUT2D eigenvalue weighted by Gasteiger charge is -2.12. The van der Waals surface area contributed by atoms with Crippen molar-refractivity contribution < 1.29 is 13.2 Å². The molecule has 1 unspecified atom stereocenters. The van der Waals surface area contributed by atoms with E-state index in [4.69, 9.17) is 23.2 Å². The Morgan fingerprint density at radius 1 is 1.14 bits per heavy atom. The SMILES string of the molecule is CC(CNS(=O)(=O)c1nnc(NC(=O)c2ccc(Cl)cc2Cl)s1)c1ccccc1. The van der Waals surface area contributed by atoms with Gasteiger partial charge in [0.2, 0.25) is 9.47 Å². The maximum absolute atomic E-state index is 12.5. The molecule has 1 heterocycles. The van der Waals surface area contributed by atoms with E-state index in [1.807, 2.05) is 37.3 Å². The van der Waals surface area contributed by atoms with Gasteiger partial charge in [0, 0.05) is 11.6 Å². The number of sulfonamides is 1. The van der Waals surface area contributed by atoms with Crippen molar-refractivity contribution >= 4 is 55.6 Å². The molecule has 0 fully saturated rings. The van der Waals surface area contributed by atoms with Crippen LogP contribution in [0.2, 0.25) is 10.0 Å². The summed E-state index contributed by atoms with van der Waals surface area (Å²) >= 11 is 12.6. The highest BCUT2D eigenvalue weighted by Gasteiger charge is 2.22. The minimum absolute atomic E-state index is 0.0230. The fourth-order valence-electron chi connectivity index (χ4n) is 2.40. The molecule has 0 aliphatic carbocycles. The molecular formula is C18H16Cl2N4O3S2. The van der Waals surface area contributed by atoms with Crippen molar-refractivity contribution in [2.45, 2.75) is 17.2 Å². The van der Waals surface area contributed by atoms with Crippen molar-refractivity contribution in [2.24, 2.45) is 0 Å². The van der Waals surface area contributed by atoms with Crippen molar-refractivity contribution in [3.05, 3.63) is 69.7 Å². The Morgan fingerprint density at radius 2 is 1.86 bits per heavy atom. The van der Waals surface area contributed by atoms with E-state index in [-0.39, 0.29) is 32.5 Å². The van der Waals surface area contributed by atoms with E-state index in [1.54, 1.807) is 0 Å². The summed E-state index contributed by atoms with van der Waals surface area (Å²) in [5.41, 5.74) is 1.20. The molecule has 0 aliphatic heterocycles. The molecule has 3 aromatic rings. The third-order valence-corrected chi connectivity index (χ3v) is 7.16. The summed E-state index contributed by atoms with van der Waals surface area (Å²) in [6.07, 6.45) is 0. The molecule has 2 aromatic carbocycles. The number of nitrogens with one attached hydrogen (secondary N) is 2. The number of hydrogen-bond donors (Lipinski definition) is 2. The van der Waals surface area contributed by atoms with Crippen molar-refractivity contribution in [1.82, 2.24) is 14.9 Å². The Kier molecular flexibility index (Phi) is 6.86. The first-order chi connectivity index (χ1) is 13.8. The first-order valence-corrected chi connectivity index (χ1v) is 11.5. The summed E-state index contributed by atoms with van der Waals surface area (Å²) in [7, 11) is -3.86. The molecular weight excluding hydrogens is 455 g/mol. The summed E-state index contributed by atoms with van der Waals surface area (Å²) in [4.78, 5) is 12.3. The van der Waals surface area contributed by atoms with Crippen LogP contribution >= 0.6 is 34.5 Å². The summed E-state index contributed by atoms with van der Waals surface area (Å²) in [6.45, 7) is 2.12. The molecule has 0 radical (unpaired) electrons. The summed E-state index contributed by atoms with van der Waals surface area (Å²) in [5, 5.41) is 10.5. The highest BCUT2D eigenvalue weighted by Crippen LogP contribution is 2.24. The Balaban J connectivity index is 1.66. The van der Waals surface area contributed by atoms with Gasteiger partial charge in [-0.3, -0.25) is 10.1 Å². The number of benzene rings is 2. The van der Waals surface area contributed by atoms with Crippen LogP contribution in [0.25, 0.3) is 0 Å². The zero-order valence-corrected chi connectivity index (χ0v) is 18.2. The number of hydrogen-bond acceptors (Lipinski definition) is 6. The van der Waals surface area contributed by atoms with Crippen LogP contribution in [0.4, 0.5) is 5.13 Å². The molecule has 7 nitrogen and oxygen atoms in total. The van der Waals surface area contributed by atoms with E-state index in [0.717, 1.165) is 16.9 Å². The zero-order chi connectivity index (χ0) is 21.0. The molecule has 152 valence electrons. The predicted molar refractivity (Wildman–Crippen MR) is 114 cm³/mol. The van der Waals surface area contributed by atoms with Gasteiger partial charge in [-0.25, -0.2) is 13.1 Å². The smallest absolute Gasteiger partial charge is 0.269 e. The molecule has 2 N–H and O–H groups in total. The molecule has 11 heteroatoms. The molecule has 0 saturated carbocycles. The molecule has 0 spiro atoms. The largest absolute Gasteiger partial charge is 0.296 e. The number of halogens is 2. The van der Waals surface area contributed by atoms with Crippen molar-refractivity contribution in [3.8, 4) is 0 Å². The van der Waals surface area contributed by atoms with Crippen LogP contribution < -0.4 is 10.0 Å². The van der Waals surface area contributed by atoms with Gasteiger partial charge >= 0.3 is 0 Å². The van der Waals surface area contributed by atoms with E-state index in [1.165, 1.54) is 18.2 Å². The summed E-state index contributed by atoms with van der Waals surface area (Å²) in [5.74, 6) is -0.567. The minimum atomic E-state index is -3.86. The van der Waals surface area contributed by atoms with Gasteiger partial charge in [0.05, 0.1) is 10.6 Å². The molecule has 3 rings (SSSR count). The first kappa shape index (κ1) is 21.7. The monoisotopic (exact) mass is 470 g/mol. The van der Waals surface area contributed by atoms with Gasteiger partial charge in [-0.15, -0.1) is 10.2 Å². The second-order valence-corrected chi connectivity index (χ2v) is 9.88. The summed E-state index contributed by atoms with van der Waals surface area (Å²) in [6, 6.07) is 14.0. The molecule has 29 heavy (non-hydrogen) atoms. The average molecular weight is 471 g/mol. The number of nitrogens with zero attached hydrogens (tertiary/aromatic N) is 2. The van der Waals surface area contributed by atoms with Gasteiger partial charge in [0.1, 0.15) is 0 Å². The van der Waals surface area contributed by atoms with E-state index in [2.05, 4.69) is 20.2 Å². The fraction of sp³-hybridized carbons (Fsp3) is 0.167. The second-order valence-electron chi connectivity index (χ2n) is 6.12. The number of anilines is 1. The zero-order valence-electron chi connectivity index (χ0n) is 15.1. The van der Waals surface area contributed by atoms with Gasteiger partial charge < -0.3 is 0 Å². The Hall–Kier alpha value is -2.04. The normalized spacial score (nSPS) is 12.5. The number of carbonyl (C=O) groups excluding carboxylic acids is 1. The van der Waals surface area contributed by atoms with Crippen molar-refractivity contribution in [3.63, 3.8) is 0 Å². The number of amides is 1. The van der Waals surface area contributed by atoms with Crippen molar-refractivity contribution in [2.75, 3.05) is 11.9 Å². The van der Waals surface area contributed by atoms with Gasteiger partial charge in [0.25, 0.3) is 15.9 Å². The van der Waals surface area contributed by atoms with Crippen molar-refractivity contribution in [1.29, 1.82) is 0 Å². The van der Waals surface area contributed by atoms with E-state index >= 15 is 0 Å². The number of rotatable bonds is 7. The van der Waals surface area contributed by atoms with Crippen LogP contribution in [0, 0.1) is 0 Å². The number of carbonyl (C=O) groups is 1. The first-order valence-electron chi connectivity index (χ1n) is 8.41. The van der Waals surface area contributed by atoms with Gasteiger partial charge in [-0.1, -0.05) is 71.8 Å². The Labute approximate surface area is 182 Å². The Bertz CT molecular complexity index is 1120. The van der Waals surface area contributed by atoms with Gasteiger partial charge in [-0.2, -0.15) is 0 Å². The van der Waals surface area contributed by atoms with Crippen LogP contribution in [0.1, 0.15) is 28.8 Å². The highest BCUT2D eigenvalue weighted by molar-refractivity contribution is 7.91. The topological polar surface area (TPSA) is 101 Å². The van der Waals surface area contributed by atoms with Crippen LogP contribution in [0.15, 0.2) is 52.9 Å². The third-order valence-electron chi connectivity index (χ3n) is 3.98. The lowest BCUT2D eigenvalue weighted by atomic mass is 10.0. The maximum atomic E-state index is 12.5. The standard InChI is InChI=1S/C18H16Cl2N4O3S2/c1-11(12-5-3-2-4-6-12)10-21-29(26,27)18-24-23-17(28-18)22-16(25)14-8-7-13(19)9-15(14)20/h2-9,11,21H,10H2,1H3,(H,22,23,25). The third kappa shape index (κ3) is 5.52. The van der Waals surface area contributed by atoms with E-state index < -0.39 is 15.9 Å². The van der Waals surface area contributed by atoms with Crippen LogP contribution in [0.3, 0.4) is 0 Å². The molecule has 0 saturated heterocycles. The van der Waals surface area contributed by atoms with Gasteiger partial charge in [-0.05, 0) is 29.7 Å². The average Bonchev–Trinajstić information content (AvgIpc) is 3.16. The lowest BCUT2D eigenvalue weighted by Crippen LogP contribution is -2.27. The van der Waals surface area contributed by atoms with Crippen LogP contribution in [-0.4, -0.2) is 31.1 Å². The molecule has 0 aliphatic rings.